The van der Waals surface area contributed by atoms with Gasteiger partial charge in [0.1, 0.15) is 6.54 Å². The van der Waals surface area contributed by atoms with Crippen LogP contribution < -0.4 is 4.80 Å². The van der Waals surface area contributed by atoms with Crippen LogP contribution in [0.4, 0.5) is 0 Å². The minimum Gasteiger partial charge on any atom is -0.465 e. The average molecular weight is 292 g/mol. The van der Waals surface area contributed by atoms with Crippen LogP contribution in [0.25, 0.3) is 10.2 Å². The van der Waals surface area contributed by atoms with Crippen LogP contribution in [0.15, 0.2) is 23.2 Å². The molecule has 0 radical (unpaired) electrons. The van der Waals surface area contributed by atoms with Crippen LogP contribution in [-0.4, -0.2) is 23.1 Å². The van der Waals surface area contributed by atoms with Crippen molar-refractivity contribution in [2.45, 2.75) is 27.3 Å². The Morgan fingerprint density at radius 1 is 1.40 bits per heavy atom. The molecule has 2 rings (SSSR count). The van der Waals surface area contributed by atoms with Crippen molar-refractivity contribution in [2.75, 3.05) is 6.61 Å². The van der Waals surface area contributed by atoms with Crippen LogP contribution in [0, 0.1) is 6.92 Å². The summed E-state index contributed by atoms with van der Waals surface area (Å²) in [6.07, 6.45) is 0. The van der Waals surface area contributed by atoms with E-state index in [1.807, 2.05) is 25.1 Å². The number of aryl methyl sites for hydroxylation is 1. The zero-order valence-corrected chi connectivity index (χ0v) is 12.5. The van der Waals surface area contributed by atoms with Gasteiger partial charge in [0.05, 0.1) is 16.8 Å². The maximum absolute atomic E-state index is 11.7. The molecule has 0 aliphatic heterocycles. The maximum atomic E-state index is 11.7. The quantitative estimate of drug-likeness (QED) is 0.813. The monoisotopic (exact) mass is 292 g/mol. The van der Waals surface area contributed by atoms with Gasteiger partial charge in [-0.25, -0.2) is 0 Å². The first-order chi connectivity index (χ1) is 9.51. The highest BCUT2D eigenvalue weighted by Gasteiger charge is 2.11. The Kier molecular flexibility index (Phi) is 4.34. The summed E-state index contributed by atoms with van der Waals surface area (Å²) < 4.78 is 7.68. The number of nitrogens with zero attached hydrogens (tertiary/aromatic N) is 2. The van der Waals surface area contributed by atoms with Crippen molar-refractivity contribution in [1.82, 2.24) is 4.57 Å². The number of aromatic nitrogens is 1. The summed E-state index contributed by atoms with van der Waals surface area (Å²) in [7, 11) is 0. The lowest BCUT2D eigenvalue weighted by Gasteiger charge is -2.05. The summed E-state index contributed by atoms with van der Waals surface area (Å²) in [5.74, 6) is -0.622. The topological polar surface area (TPSA) is 60.7 Å². The fourth-order valence-corrected chi connectivity index (χ4v) is 3.06. The zero-order chi connectivity index (χ0) is 14.7. The third kappa shape index (κ3) is 3.14. The number of fused-ring (bicyclic) bond motifs is 1. The molecule has 0 fully saturated rings. The molecule has 0 aliphatic carbocycles. The van der Waals surface area contributed by atoms with Crippen LogP contribution in [0.2, 0.25) is 0 Å². The second-order valence-electron chi connectivity index (χ2n) is 4.38. The van der Waals surface area contributed by atoms with Gasteiger partial charge in [-0.3, -0.25) is 9.59 Å². The fourth-order valence-electron chi connectivity index (χ4n) is 1.89. The number of thiazole rings is 1. The molecule has 1 heterocycles. The highest BCUT2D eigenvalue weighted by atomic mass is 32.1. The number of esters is 1. The Morgan fingerprint density at radius 3 is 2.80 bits per heavy atom. The highest BCUT2D eigenvalue weighted by Crippen LogP contribution is 2.19. The van der Waals surface area contributed by atoms with E-state index in [0.29, 0.717) is 11.4 Å². The molecule has 0 atom stereocenters. The summed E-state index contributed by atoms with van der Waals surface area (Å²) in [5, 5.41) is 0. The first kappa shape index (κ1) is 14.5. The molecule has 0 bridgehead atoms. The van der Waals surface area contributed by atoms with Gasteiger partial charge in [-0.15, -0.1) is 0 Å². The van der Waals surface area contributed by atoms with E-state index in [9.17, 15) is 9.59 Å². The Balaban J connectivity index is 2.59. The first-order valence-corrected chi connectivity index (χ1v) is 7.14. The van der Waals surface area contributed by atoms with E-state index in [4.69, 9.17) is 4.74 Å². The molecule has 1 aromatic heterocycles. The third-order valence-corrected chi connectivity index (χ3v) is 3.73. The minimum absolute atomic E-state index is 0.0585. The molecule has 5 nitrogen and oxygen atoms in total. The SMILES string of the molecule is CCOC(=O)Cn1c(=NC(C)=O)sc2cc(C)ccc21. The van der Waals surface area contributed by atoms with E-state index >= 15 is 0 Å². The molecule has 6 heteroatoms. The molecule has 1 aromatic carbocycles. The van der Waals surface area contributed by atoms with Gasteiger partial charge in [-0.05, 0) is 31.5 Å². The van der Waals surface area contributed by atoms with Gasteiger partial charge in [0, 0.05) is 6.92 Å². The zero-order valence-electron chi connectivity index (χ0n) is 11.7. The minimum atomic E-state index is -0.335. The van der Waals surface area contributed by atoms with Crippen molar-refractivity contribution in [2.24, 2.45) is 4.99 Å². The number of hydrogen-bond acceptors (Lipinski definition) is 4. The van der Waals surface area contributed by atoms with Gasteiger partial charge < -0.3 is 9.30 Å². The molecule has 0 saturated carbocycles. The maximum Gasteiger partial charge on any atom is 0.326 e. The molecular formula is C14H16N2O3S. The predicted molar refractivity (Wildman–Crippen MR) is 77.4 cm³/mol. The summed E-state index contributed by atoms with van der Waals surface area (Å²) in [4.78, 5) is 27.4. The third-order valence-electron chi connectivity index (χ3n) is 2.68. The summed E-state index contributed by atoms with van der Waals surface area (Å²) in [6.45, 7) is 5.54. The number of rotatable bonds is 3. The molecule has 0 aliphatic rings. The number of carbonyl (C=O) groups excluding carboxylic acids is 2. The van der Waals surface area contributed by atoms with Gasteiger partial charge in [-0.2, -0.15) is 4.99 Å². The van der Waals surface area contributed by atoms with Crippen molar-refractivity contribution in [3.63, 3.8) is 0 Å². The van der Waals surface area contributed by atoms with E-state index in [1.165, 1.54) is 18.3 Å². The summed E-state index contributed by atoms with van der Waals surface area (Å²) in [5.41, 5.74) is 2.00. The Hall–Kier alpha value is -1.95. The number of benzene rings is 1. The Labute approximate surface area is 120 Å². The van der Waals surface area contributed by atoms with Crippen molar-refractivity contribution in [1.29, 1.82) is 0 Å². The largest absolute Gasteiger partial charge is 0.465 e. The van der Waals surface area contributed by atoms with E-state index in [1.54, 1.807) is 11.5 Å². The second kappa shape index (κ2) is 6.00. The second-order valence-corrected chi connectivity index (χ2v) is 5.39. The van der Waals surface area contributed by atoms with Crippen molar-refractivity contribution >= 4 is 33.4 Å². The molecule has 106 valence electrons. The Morgan fingerprint density at radius 2 is 2.15 bits per heavy atom. The molecule has 0 spiro atoms. The van der Waals surface area contributed by atoms with Gasteiger partial charge in [0.2, 0.25) is 5.91 Å². The van der Waals surface area contributed by atoms with E-state index in [-0.39, 0.29) is 18.4 Å². The highest BCUT2D eigenvalue weighted by molar-refractivity contribution is 7.16. The smallest absolute Gasteiger partial charge is 0.326 e. The molecule has 2 aromatic rings. The van der Waals surface area contributed by atoms with Crippen LogP contribution in [0.1, 0.15) is 19.4 Å². The number of ether oxygens (including phenoxy) is 1. The average Bonchev–Trinajstić information content (AvgIpc) is 2.66. The molecule has 1 amide bonds. The molecule has 0 saturated heterocycles. The number of carbonyl (C=O) groups is 2. The first-order valence-electron chi connectivity index (χ1n) is 6.32. The van der Waals surface area contributed by atoms with E-state index in [0.717, 1.165) is 15.8 Å². The van der Waals surface area contributed by atoms with Crippen molar-refractivity contribution < 1.29 is 14.3 Å². The predicted octanol–water partition coefficient (Wildman–Crippen LogP) is 2.02. The van der Waals surface area contributed by atoms with Crippen LogP contribution in [0.5, 0.6) is 0 Å². The van der Waals surface area contributed by atoms with Crippen LogP contribution in [-0.2, 0) is 20.9 Å². The van der Waals surface area contributed by atoms with Crippen LogP contribution in [0.3, 0.4) is 0 Å². The summed E-state index contributed by atoms with van der Waals surface area (Å²) in [6, 6.07) is 5.91. The lowest BCUT2D eigenvalue weighted by atomic mass is 10.2. The lowest BCUT2D eigenvalue weighted by Crippen LogP contribution is -2.22. The number of amides is 1. The van der Waals surface area contributed by atoms with E-state index in [2.05, 4.69) is 4.99 Å². The standard InChI is InChI=1S/C14H16N2O3S/c1-4-19-13(18)8-16-11-6-5-9(2)7-12(11)20-14(16)15-10(3)17/h5-7H,4,8H2,1-3H3. The van der Waals surface area contributed by atoms with E-state index < -0.39 is 0 Å². The van der Waals surface area contributed by atoms with Gasteiger partial charge >= 0.3 is 5.97 Å². The fraction of sp³-hybridized carbons (Fsp3) is 0.357. The molecule has 20 heavy (non-hydrogen) atoms. The Bertz CT molecular complexity index is 728. The van der Waals surface area contributed by atoms with Gasteiger partial charge in [-0.1, -0.05) is 17.4 Å². The lowest BCUT2D eigenvalue weighted by molar-refractivity contribution is -0.143. The van der Waals surface area contributed by atoms with Gasteiger partial charge in [0.25, 0.3) is 0 Å². The van der Waals surface area contributed by atoms with Crippen molar-refractivity contribution in [3.8, 4) is 0 Å². The molecular weight excluding hydrogens is 276 g/mol. The summed E-state index contributed by atoms with van der Waals surface area (Å²) >= 11 is 1.39. The van der Waals surface area contributed by atoms with Crippen molar-refractivity contribution in [3.05, 3.63) is 28.6 Å². The number of hydrogen-bond donors (Lipinski definition) is 0. The van der Waals surface area contributed by atoms with Crippen LogP contribution >= 0.6 is 11.3 Å². The normalized spacial score (nSPS) is 11.8. The molecule has 0 N–H and O–H groups in total. The van der Waals surface area contributed by atoms with Gasteiger partial charge in [0.15, 0.2) is 4.80 Å². The molecule has 0 unspecified atom stereocenters.